The number of aliphatic hydroxyl groups is 1. The molecule has 0 spiro atoms. The van der Waals surface area contributed by atoms with E-state index in [1.807, 2.05) is 6.92 Å². The molecule has 0 unspecified atom stereocenters. The number of amides is 1. The number of carbonyl (C=O) groups excluding carboxylic acids is 1. The molecule has 2 saturated heterocycles. The third-order valence-corrected chi connectivity index (χ3v) is 3.63. The van der Waals surface area contributed by atoms with Crippen molar-refractivity contribution in [2.75, 3.05) is 26.2 Å². The van der Waals surface area contributed by atoms with Crippen molar-refractivity contribution in [2.24, 2.45) is 5.92 Å². The predicted molar refractivity (Wildman–Crippen MR) is 57.4 cm³/mol. The second kappa shape index (κ2) is 4.10. The molecule has 0 aromatic heterocycles. The van der Waals surface area contributed by atoms with Crippen LogP contribution in [0.1, 0.15) is 26.2 Å². The molecule has 0 atom stereocenters. The van der Waals surface area contributed by atoms with Gasteiger partial charge in [-0.05, 0) is 32.4 Å². The summed E-state index contributed by atoms with van der Waals surface area (Å²) in [6, 6.07) is 0. The lowest BCUT2D eigenvalue weighted by Crippen LogP contribution is -2.64. The molecular weight excluding hydrogens is 192 g/mol. The maximum atomic E-state index is 12.0. The number of rotatable bonds is 2. The van der Waals surface area contributed by atoms with Gasteiger partial charge in [-0.25, -0.2) is 0 Å². The van der Waals surface area contributed by atoms with E-state index in [1.54, 1.807) is 4.90 Å². The van der Waals surface area contributed by atoms with E-state index in [0.717, 1.165) is 32.4 Å². The van der Waals surface area contributed by atoms with Gasteiger partial charge in [0.1, 0.15) is 0 Å². The highest BCUT2D eigenvalue weighted by Gasteiger charge is 2.43. The van der Waals surface area contributed by atoms with Gasteiger partial charge in [-0.1, -0.05) is 6.92 Å². The topological polar surface area (TPSA) is 52.6 Å². The Morgan fingerprint density at radius 1 is 1.47 bits per heavy atom. The van der Waals surface area contributed by atoms with Crippen LogP contribution in [0, 0.1) is 5.92 Å². The molecule has 86 valence electrons. The monoisotopic (exact) mass is 212 g/mol. The number of piperidine rings is 1. The highest BCUT2D eigenvalue weighted by molar-refractivity contribution is 5.80. The van der Waals surface area contributed by atoms with Crippen molar-refractivity contribution in [3.8, 4) is 0 Å². The molecule has 1 amide bonds. The highest BCUT2D eigenvalue weighted by Crippen LogP contribution is 2.27. The van der Waals surface area contributed by atoms with Crippen LogP contribution in [-0.2, 0) is 4.79 Å². The molecule has 15 heavy (non-hydrogen) atoms. The molecule has 2 heterocycles. The van der Waals surface area contributed by atoms with Crippen LogP contribution in [0.25, 0.3) is 0 Å². The van der Waals surface area contributed by atoms with Crippen LogP contribution in [0.4, 0.5) is 0 Å². The first-order valence-corrected chi connectivity index (χ1v) is 5.86. The van der Waals surface area contributed by atoms with Crippen molar-refractivity contribution in [2.45, 2.75) is 31.8 Å². The van der Waals surface area contributed by atoms with Crippen LogP contribution in [0.2, 0.25) is 0 Å². The van der Waals surface area contributed by atoms with Crippen LogP contribution in [0.3, 0.4) is 0 Å². The fraction of sp³-hybridized carbons (Fsp3) is 0.909. The fourth-order valence-electron chi connectivity index (χ4n) is 2.37. The summed E-state index contributed by atoms with van der Waals surface area (Å²) in [5.74, 6) is 0.433. The standard InChI is InChI=1S/C11H20N2O2/c1-2-11(15)7-13(8-11)10(14)9-3-5-12-6-4-9/h9,12,15H,2-8H2,1H3. The first-order valence-electron chi connectivity index (χ1n) is 5.86. The van der Waals surface area contributed by atoms with Gasteiger partial charge < -0.3 is 15.3 Å². The average Bonchev–Trinajstić information content (AvgIpc) is 2.25. The molecule has 2 rings (SSSR count). The fourth-order valence-corrected chi connectivity index (χ4v) is 2.37. The molecular formula is C11H20N2O2. The van der Waals surface area contributed by atoms with Crippen molar-refractivity contribution in [3.05, 3.63) is 0 Å². The molecule has 4 heteroatoms. The molecule has 2 aliphatic rings. The third kappa shape index (κ3) is 2.16. The first-order chi connectivity index (χ1) is 7.14. The van der Waals surface area contributed by atoms with Gasteiger partial charge in [0.15, 0.2) is 0 Å². The summed E-state index contributed by atoms with van der Waals surface area (Å²) in [4.78, 5) is 13.8. The minimum absolute atomic E-state index is 0.188. The van der Waals surface area contributed by atoms with Crippen molar-refractivity contribution < 1.29 is 9.90 Å². The van der Waals surface area contributed by atoms with E-state index >= 15 is 0 Å². The van der Waals surface area contributed by atoms with Gasteiger partial charge in [0, 0.05) is 5.92 Å². The maximum absolute atomic E-state index is 12.0. The Balaban J connectivity index is 1.83. The van der Waals surface area contributed by atoms with Gasteiger partial charge in [-0.3, -0.25) is 4.79 Å². The van der Waals surface area contributed by atoms with Gasteiger partial charge in [0.25, 0.3) is 0 Å². The number of nitrogens with one attached hydrogen (secondary N) is 1. The summed E-state index contributed by atoms with van der Waals surface area (Å²) in [7, 11) is 0. The Kier molecular flexibility index (Phi) is 2.98. The van der Waals surface area contributed by atoms with E-state index < -0.39 is 5.60 Å². The van der Waals surface area contributed by atoms with E-state index in [4.69, 9.17) is 0 Å². The Morgan fingerprint density at radius 3 is 2.60 bits per heavy atom. The van der Waals surface area contributed by atoms with E-state index in [0.29, 0.717) is 13.1 Å². The van der Waals surface area contributed by atoms with Gasteiger partial charge >= 0.3 is 0 Å². The third-order valence-electron chi connectivity index (χ3n) is 3.63. The summed E-state index contributed by atoms with van der Waals surface area (Å²) < 4.78 is 0. The Labute approximate surface area is 90.6 Å². The smallest absolute Gasteiger partial charge is 0.225 e. The number of β-amino-alcohol motifs (C(OH)–C–C–N with tert-alkyl or cyclic N) is 1. The first kappa shape index (κ1) is 10.9. The lowest BCUT2D eigenvalue weighted by molar-refractivity contribution is -0.160. The molecule has 0 aromatic carbocycles. The minimum Gasteiger partial charge on any atom is -0.386 e. The van der Waals surface area contributed by atoms with Crippen LogP contribution in [-0.4, -0.2) is 47.7 Å². The second-order valence-corrected chi connectivity index (χ2v) is 4.80. The van der Waals surface area contributed by atoms with E-state index in [-0.39, 0.29) is 11.8 Å². The molecule has 0 bridgehead atoms. The van der Waals surface area contributed by atoms with Crippen molar-refractivity contribution in [1.29, 1.82) is 0 Å². The van der Waals surface area contributed by atoms with Crippen molar-refractivity contribution in [1.82, 2.24) is 10.2 Å². The number of carbonyl (C=O) groups is 1. The normalized spacial score (nSPS) is 26.1. The zero-order valence-corrected chi connectivity index (χ0v) is 9.33. The zero-order valence-electron chi connectivity index (χ0n) is 9.33. The number of likely N-dealkylation sites (tertiary alicyclic amines) is 1. The highest BCUT2D eigenvalue weighted by atomic mass is 16.3. The van der Waals surface area contributed by atoms with Crippen molar-refractivity contribution in [3.63, 3.8) is 0 Å². The zero-order chi connectivity index (χ0) is 10.9. The number of hydrogen-bond donors (Lipinski definition) is 2. The summed E-state index contributed by atoms with van der Waals surface area (Å²) in [6.45, 7) is 4.93. The molecule has 0 aliphatic carbocycles. The molecule has 2 fully saturated rings. The molecule has 4 nitrogen and oxygen atoms in total. The Morgan fingerprint density at radius 2 is 2.07 bits per heavy atom. The Hall–Kier alpha value is -0.610. The summed E-state index contributed by atoms with van der Waals surface area (Å²) in [5, 5.41) is 13.1. The lowest BCUT2D eigenvalue weighted by Gasteiger charge is -2.47. The van der Waals surface area contributed by atoms with Gasteiger partial charge in [-0.15, -0.1) is 0 Å². The predicted octanol–water partition coefficient (Wildman–Crippen LogP) is -0.0307. The molecule has 0 saturated carbocycles. The lowest BCUT2D eigenvalue weighted by atomic mass is 9.88. The van der Waals surface area contributed by atoms with Gasteiger partial charge in [-0.2, -0.15) is 0 Å². The minimum atomic E-state index is -0.595. The largest absolute Gasteiger partial charge is 0.386 e. The number of nitrogens with zero attached hydrogens (tertiary/aromatic N) is 1. The maximum Gasteiger partial charge on any atom is 0.225 e. The molecule has 0 aromatic rings. The molecule has 2 aliphatic heterocycles. The summed E-state index contributed by atoms with van der Waals surface area (Å²) in [5.41, 5.74) is -0.595. The molecule has 0 radical (unpaired) electrons. The van der Waals surface area contributed by atoms with E-state index in [1.165, 1.54) is 0 Å². The summed E-state index contributed by atoms with van der Waals surface area (Å²) in [6.07, 6.45) is 2.63. The Bertz CT molecular complexity index is 243. The average molecular weight is 212 g/mol. The molecule has 2 N–H and O–H groups in total. The van der Waals surface area contributed by atoms with E-state index in [9.17, 15) is 9.90 Å². The van der Waals surface area contributed by atoms with Crippen LogP contribution in [0.15, 0.2) is 0 Å². The number of hydrogen-bond acceptors (Lipinski definition) is 3. The van der Waals surface area contributed by atoms with Crippen molar-refractivity contribution >= 4 is 5.91 Å². The van der Waals surface area contributed by atoms with E-state index in [2.05, 4.69) is 5.32 Å². The van der Waals surface area contributed by atoms with Crippen LogP contribution < -0.4 is 5.32 Å². The van der Waals surface area contributed by atoms with Gasteiger partial charge in [0.2, 0.25) is 5.91 Å². The SMILES string of the molecule is CCC1(O)CN(C(=O)C2CCNCC2)C1. The van der Waals surface area contributed by atoms with Crippen LogP contribution in [0.5, 0.6) is 0 Å². The van der Waals surface area contributed by atoms with Gasteiger partial charge in [0.05, 0.1) is 18.7 Å². The second-order valence-electron chi connectivity index (χ2n) is 4.80. The quantitative estimate of drug-likeness (QED) is 0.676. The summed E-state index contributed by atoms with van der Waals surface area (Å²) >= 11 is 0. The van der Waals surface area contributed by atoms with Crippen LogP contribution >= 0.6 is 0 Å².